The van der Waals surface area contributed by atoms with Crippen LogP contribution in [-0.2, 0) is 6.42 Å². The molecule has 3 heterocycles. The molecule has 0 saturated carbocycles. The van der Waals surface area contributed by atoms with Crippen LogP contribution >= 0.6 is 0 Å². The first-order valence-electron chi connectivity index (χ1n) is 6.23. The van der Waals surface area contributed by atoms with Gasteiger partial charge in [-0.1, -0.05) is 30.3 Å². The van der Waals surface area contributed by atoms with Gasteiger partial charge < -0.3 is 14.9 Å². The summed E-state index contributed by atoms with van der Waals surface area (Å²) in [4.78, 5) is 4.32. The van der Waals surface area contributed by atoms with E-state index in [9.17, 15) is 0 Å². The molecular formula is C15H12N2O2. The van der Waals surface area contributed by atoms with E-state index in [0.717, 1.165) is 34.4 Å². The highest BCUT2D eigenvalue weighted by Crippen LogP contribution is 2.39. The van der Waals surface area contributed by atoms with E-state index >= 15 is 0 Å². The number of nitrogen functional groups attached to an aromatic ring is 1. The maximum atomic E-state index is 5.93. The lowest BCUT2D eigenvalue weighted by atomic mass is 10.1. The molecule has 19 heavy (non-hydrogen) atoms. The van der Waals surface area contributed by atoms with E-state index in [4.69, 9.17) is 14.9 Å². The second kappa shape index (κ2) is 3.75. The Morgan fingerprint density at radius 2 is 2.00 bits per heavy atom. The van der Waals surface area contributed by atoms with Gasteiger partial charge in [0.25, 0.3) is 0 Å². The molecule has 0 aliphatic carbocycles. The Hall–Kier alpha value is -2.49. The Kier molecular flexibility index (Phi) is 2.06. The van der Waals surface area contributed by atoms with Crippen molar-refractivity contribution in [2.24, 2.45) is 0 Å². The molecule has 0 atom stereocenters. The standard InChI is InChI=1S/C15H12N2O2/c16-14-10-6-7-18-13(10)11-8-12(19-15(11)17-14)9-4-2-1-3-5-9/h1-5,8H,6-7H2,(H2,16,17). The molecule has 2 aromatic heterocycles. The van der Waals surface area contributed by atoms with Gasteiger partial charge >= 0.3 is 0 Å². The number of furan rings is 1. The average molecular weight is 252 g/mol. The lowest BCUT2D eigenvalue weighted by molar-refractivity contribution is 0.360. The maximum absolute atomic E-state index is 5.93. The SMILES string of the molecule is Nc1nc2oc(-c3ccccc3)cc2c2c1CCO2. The fraction of sp³-hybridized carbons (Fsp3) is 0.133. The molecule has 4 nitrogen and oxygen atoms in total. The fourth-order valence-corrected chi connectivity index (χ4v) is 2.49. The van der Waals surface area contributed by atoms with Crippen LogP contribution in [-0.4, -0.2) is 11.6 Å². The second-order valence-corrected chi connectivity index (χ2v) is 4.60. The molecular weight excluding hydrogens is 240 g/mol. The molecule has 0 bridgehead atoms. The monoisotopic (exact) mass is 252 g/mol. The predicted molar refractivity (Wildman–Crippen MR) is 73.1 cm³/mol. The van der Waals surface area contributed by atoms with Gasteiger partial charge in [-0.2, -0.15) is 4.98 Å². The van der Waals surface area contributed by atoms with Gasteiger partial charge in [-0.05, 0) is 6.07 Å². The number of hydrogen-bond donors (Lipinski definition) is 1. The van der Waals surface area contributed by atoms with Gasteiger partial charge in [0.05, 0.1) is 12.0 Å². The van der Waals surface area contributed by atoms with Crippen LogP contribution in [0.5, 0.6) is 5.75 Å². The van der Waals surface area contributed by atoms with Crippen molar-refractivity contribution in [1.29, 1.82) is 0 Å². The van der Waals surface area contributed by atoms with Gasteiger partial charge in [-0.25, -0.2) is 0 Å². The van der Waals surface area contributed by atoms with Gasteiger partial charge in [-0.15, -0.1) is 0 Å². The normalized spacial score (nSPS) is 13.5. The zero-order valence-electron chi connectivity index (χ0n) is 10.2. The van der Waals surface area contributed by atoms with Crippen molar-refractivity contribution in [3.63, 3.8) is 0 Å². The lowest BCUT2D eigenvalue weighted by Crippen LogP contribution is -1.94. The van der Waals surface area contributed by atoms with Gasteiger partial charge in [-0.3, -0.25) is 0 Å². The third-order valence-electron chi connectivity index (χ3n) is 3.42. The van der Waals surface area contributed by atoms with Crippen molar-refractivity contribution in [3.05, 3.63) is 42.0 Å². The molecule has 1 aliphatic heterocycles. The molecule has 0 unspecified atom stereocenters. The van der Waals surface area contributed by atoms with Crippen molar-refractivity contribution in [2.45, 2.75) is 6.42 Å². The van der Waals surface area contributed by atoms with E-state index in [2.05, 4.69) is 4.98 Å². The van der Waals surface area contributed by atoms with Crippen LogP contribution in [0.4, 0.5) is 5.82 Å². The van der Waals surface area contributed by atoms with Crippen LogP contribution in [0.2, 0.25) is 0 Å². The van der Waals surface area contributed by atoms with Crippen molar-refractivity contribution in [2.75, 3.05) is 12.3 Å². The number of fused-ring (bicyclic) bond motifs is 3. The minimum absolute atomic E-state index is 0.508. The number of anilines is 1. The number of benzene rings is 1. The summed E-state index contributed by atoms with van der Waals surface area (Å²) in [6.45, 7) is 0.659. The molecule has 1 aliphatic rings. The van der Waals surface area contributed by atoms with Gasteiger partial charge in [0.2, 0.25) is 5.71 Å². The van der Waals surface area contributed by atoms with Crippen LogP contribution in [0.1, 0.15) is 5.56 Å². The quantitative estimate of drug-likeness (QED) is 0.723. The molecule has 94 valence electrons. The molecule has 0 saturated heterocycles. The Morgan fingerprint density at radius 3 is 2.84 bits per heavy atom. The van der Waals surface area contributed by atoms with Gasteiger partial charge in [0, 0.05) is 17.5 Å². The van der Waals surface area contributed by atoms with Gasteiger partial charge in [0.1, 0.15) is 17.3 Å². The third-order valence-corrected chi connectivity index (χ3v) is 3.42. The van der Waals surface area contributed by atoms with Crippen molar-refractivity contribution in [1.82, 2.24) is 4.98 Å². The Bertz CT molecular complexity index is 763. The first-order chi connectivity index (χ1) is 9.33. The summed E-state index contributed by atoms with van der Waals surface area (Å²) in [7, 11) is 0. The highest BCUT2D eigenvalue weighted by molar-refractivity contribution is 5.89. The smallest absolute Gasteiger partial charge is 0.232 e. The number of pyridine rings is 1. The Morgan fingerprint density at radius 1 is 1.16 bits per heavy atom. The van der Waals surface area contributed by atoms with Crippen molar-refractivity contribution in [3.8, 4) is 17.1 Å². The Labute approximate surface area is 109 Å². The minimum Gasteiger partial charge on any atom is -0.492 e. The zero-order valence-corrected chi connectivity index (χ0v) is 10.2. The molecule has 3 aromatic rings. The van der Waals surface area contributed by atoms with E-state index in [1.165, 1.54) is 0 Å². The summed E-state index contributed by atoms with van der Waals surface area (Å²) < 4.78 is 11.5. The van der Waals surface area contributed by atoms with Crippen LogP contribution in [0.15, 0.2) is 40.8 Å². The summed E-state index contributed by atoms with van der Waals surface area (Å²) in [6, 6.07) is 11.9. The van der Waals surface area contributed by atoms with Gasteiger partial charge in [0.15, 0.2) is 0 Å². The lowest BCUT2D eigenvalue weighted by Gasteiger charge is -2.01. The highest BCUT2D eigenvalue weighted by atomic mass is 16.5. The number of hydrogen-bond acceptors (Lipinski definition) is 4. The molecule has 0 fully saturated rings. The van der Waals surface area contributed by atoms with Crippen molar-refractivity contribution < 1.29 is 9.15 Å². The molecule has 0 spiro atoms. The number of aromatic nitrogens is 1. The Balaban J connectivity index is 1.98. The van der Waals surface area contributed by atoms with Crippen LogP contribution in [0, 0.1) is 0 Å². The van der Waals surface area contributed by atoms with E-state index in [1.54, 1.807) is 0 Å². The summed E-state index contributed by atoms with van der Waals surface area (Å²) in [5.41, 5.74) is 8.49. The zero-order chi connectivity index (χ0) is 12.8. The first-order valence-corrected chi connectivity index (χ1v) is 6.23. The topological polar surface area (TPSA) is 61.3 Å². The number of rotatable bonds is 1. The fourth-order valence-electron chi connectivity index (χ4n) is 2.49. The predicted octanol–water partition coefficient (Wildman–Crippen LogP) is 3.01. The van der Waals surface area contributed by atoms with E-state index < -0.39 is 0 Å². The summed E-state index contributed by atoms with van der Waals surface area (Å²) >= 11 is 0. The molecule has 0 amide bonds. The van der Waals surface area contributed by atoms with Crippen LogP contribution in [0.25, 0.3) is 22.4 Å². The summed E-state index contributed by atoms with van der Waals surface area (Å²) in [5.74, 6) is 2.12. The number of ether oxygens (including phenoxy) is 1. The number of nitrogens with zero attached hydrogens (tertiary/aromatic N) is 1. The van der Waals surface area contributed by atoms with E-state index in [0.29, 0.717) is 18.1 Å². The number of nitrogens with two attached hydrogens (primary N) is 1. The molecule has 1 aromatic carbocycles. The largest absolute Gasteiger partial charge is 0.492 e. The first kappa shape index (κ1) is 10.4. The van der Waals surface area contributed by atoms with E-state index in [-0.39, 0.29) is 0 Å². The average Bonchev–Trinajstić information content (AvgIpc) is 3.05. The molecule has 0 radical (unpaired) electrons. The highest BCUT2D eigenvalue weighted by Gasteiger charge is 2.22. The molecule has 4 heteroatoms. The third kappa shape index (κ3) is 1.50. The van der Waals surface area contributed by atoms with Crippen LogP contribution < -0.4 is 10.5 Å². The van der Waals surface area contributed by atoms with Crippen LogP contribution in [0.3, 0.4) is 0 Å². The van der Waals surface area contributed by atoms with E-state index in [1.807, 2.05) is 36.4 Å². The summed E-state index contributed by atoms with van der Waals surface area (Å²) in [6.07, 6.45) is 0.815. The van der Waals surface area contributed by atoms with Crippen molar-refractivity contribution >= 4 is 16.9 Å². The molecule has 4 rings (SSSR count). The second-order valence-electron chi connectivity index (χ2n) is 4.60. The summed E-state index contributed by atoms with van der Waals surface area (Å²) in [5, 5.41) is 0.903. The maximum Gasteiger partial charge on any atom is 0.232 e. The molecule has 2 N–H and O–H groups in total. The minimum atomic E-state index is 0.508.